The van der Waals surface area contributed by atoms with E-state index in [0.717, 1.165) is 23.8 Å². The SMILES string of the molecule is CC[C@H](C)NC(=O)[C@H](Cc1ccccc1)N(Cc1cccc(OC)c1)C(=O)CCCN(c1cccc(Cl)c1C)S(C)(=O)=O. The maximum atomic E-state index is 14.0. The Morgan fingerprint density at radius 1 is 1.00 bits per heavy atom. The molecule has 3 aromatic carbocycles. The van der Waals surface area contributed by atoms with Crippen molar-refractivity contribution in [3.8, 4) is 5.75 Å². The average molecular weight is 628 g/mol. The molecule has 0 aliphatic heterocycles. The van der Waals surface area contributed by atoms with Gasteiger partial charge in [-0.2, -0.15) is 0 Å². The van der Waals surface area contributed by atoms with Crippen molar-refractivity contribution in [2.45, 2.75) is 65.1 Å². The molecule has 10 heteroatoms. The summed E-state index contributed by atoms with van der Waals surface area (Å²) in [6, 6.07) is 21.3. The van der Waals surface area contributed by atoms with Crippen LogP contribution in [0.1, 0.15) is 49.8 Å². The first-order valence-electron chi connectivity index (χ1n) is 14.4. The number of sulfonamides is 1. The van der Waals surface area contributed by atoms with Gasteiger partial charge in [0.25, 0.3) is 0 Å². The summed E-state index contributed by atoms with van der Waals surface area (Å²) in [5, 5.41) is 3.52. The van der Waals surface area contributed by atoms with Crippen molar-refractivity contribution >= 4 is 39.1 Å². The lowest BCUT2D eigenvalue weighted by atomic mass is 10.0. The molecule has 1 N–H and O–H groups in total. The van der Waals surface area contributed by atoms with E-state index in [-0.39, 0.29) is 43.8 Å². The first-order valence-corrected chi connectivity index (χ1v) is 16.7. The topological polar surface area (TPSA) is 96.0 Å². The van der Waals surface area contributed by atoms with Gasteiger partial charge < -0.3 is 15.0 Å². The molecule has 0 spiro atoms. The third kappa shape index (κ3) is 9.73. The lowest BCUT2D eigenvalue weighted by Crippen LogP contribution is -2.52. The molecule has 3 rings (SSSR count). The molecule has 0 bridgehead atoms. The molecule has 8 nitrogen and oxygen atoms in total. The molecule has 0 aliphatic carbocycles. The zero-order valence-electron chi connectivity index (χ0n) is 25.5. The zero-order valence-corrected chi connectivity index (χ0v) is 27.1. The Morgan fingerprint density at radius 2 is 1.67 bits per heavy atom. The Labute approximate surface area is 261 Å². The van der Waals surface area contributed by atoms with E-state index in [0.29, 0.717) is 28.4 Å². The predicted molar refractivity (Wildman–Crippen MR) is 173 cm³/mol. The van der Waals surface area contributed by atoms with Crippen LogP contribution in [0.3, 0.4) is 0 Å². The van der Waals surface area contributed by atoms with Gasteiger partial charge in [0.05, 0.1) is 19.1 Å². The summed E-state index contributed by atoms with van der Waals surface area (Å²) >= 11 is 6.28. The van der Waals surface area contributed by atoms with Crippen molar-refractivity contribution < 1.29 is 22.7 Å². The summed E-state index contributed by atoms with van der Waals surface area (Å²) in [6.07, 6.45) is 2.50. The monoisotopic (exact) mass is 627 g/mol. The van der Waals surface area contributed by atoms with Crippen LogP contribution in [0.25, 0.3) is 0 Å². The largest absolute Gasteiger partial charge is 0.497 e. The lowest BCUT2D eigenvalue weighted by Gasteiger charge is -2.33. The number of rotatable bonds is 15. The highest BCUT2D eigenvalue weighted by Gasteiger charge is 2.31. The number of amides is 2. The van der Waals surface area contributed by atoms with Gasteiger partial charge in [-0.05, 0) is 67.6 Å². The van der Waals surface area contributed by atoms with E-state index in [9.17, 15) is 18.0 Å². The molecule has 2 atom stereocenters. The molecule has 0 radical (unpaired) electrons. The number of hydrogen-bond acceptors (Lipinski definition) is 5. The van der Waals surface area contributed by atoms with Crippen molar-refractivity contribution in [1.29, 1.82) is 0 Å². The number of hydrogen-bond donors (Lipinski definition) is 1. The number of methoxy groups -OCH3 is 1. The minimum atomic E-state index is -3.65. The number of halogens is 1. The number of ether oxygens (including phenoxy) is 1. The average Bonchev–Trinajstić information content (AvgIpc) is 2.98. The zero-order chi connectivity index (χ0) is 31.6. The van der Waals surface area contributed by atoms with Crippen molar-refractivity contribution in [3.63, 3.8) is 0 Å². The summed E-state index contributed by atoms with van der Waals surface area (Å²) in [5.74, 6) is 0.162. The van der Waals surface area contributed by atoms with Gasteiger partial charge in [-0.25, -0.2) is 8.42 Å². The molecule has 3 aromatic rings. The van der Waals surface area contributed by atoms with Crippen LogP contribution < -0.4 is 14.4 Å². The molecule has 0 aliphatic rings. The fourth-order valence-electron chi connectivity index (χ4n) is 4.81. The molecule has 232 valence electrons. The van der Waals surface area contributed by atoms with Crippen molar-refractivity contribution in [2.75, 3.05) is 24.2 Å². The van der Waals surface area contributed by atoms with Crippen LogP contribution in [-0.4, -0.2) is 57.1 Å². The molecule has 0 saturated carbocycles. The van der Waals surface area contributed by atoms with Gasteiger partial charge >= 0.3 is 0 Å². The van der Waals surface area contributed by atoms with E-state index < -0.39 is 16.1 Å². The van der Waals surface area contributed by atoms with E-state index in [1.54, 1.807) is 37.1 Å². The Kier molecular flexibility index (Phi) is 12.5. The summed E-state index contributed by atoms with van der Waals surface area (Å²) < 4.78 is 32.2. The molecular weight excluding hydrogens is 586 g/mol. The molecular formula is C33H42ClN3O5S. The van der Waals surface area contributed by atoms with E-state index in [1.807, 2.05) is 68.4 Å². The van der Waals surface area contributed by atoms with Gasteiger partial charge in [0.2, 0.25) is 21.8 Å². The highest BCUT2D eigenvalue weighted by atomic mass is 35.5. The maximum Gasteiger partial charge on any atom is 0.243 e. The van der Waals surface area contributed by atoms with Crippen LogP contribution in [0.15, 0.2) is 72.8 Å². The van der Waals surface area contributed by atoms with Crippen LogP contribution in [0.4, 0.5) is 5.69 Å². The Morgan fingerprint density at radius 3 is 2.33 bits per heavy atom. The van der Waals surface area contributed by atoms with E-state index >= 15 is 0 Å². The molecule has 0 fully saturated rings. The number of anilines is 1. The lowest BCUT2D eigenvalue weighted by molar-refractivity contribution is -0.141. The van der Waals surface area contributed by atoms with Gasteiger partial charge in [-0.3, -0.25) is 13.9 Å². The van der Waals surface area contributed by atoms with Crippen molar-refractivity contribution in [2.24, 2.45) is 0 Å². The third-order valence-electron chi connectivity index (χ3n) is 7.42. The van der Waals surface area contributed by atoms with Gasteiger partial charge in [-0.15, -0.1) is 0 Å². The Balaban J connectivity index is 1.93. The quantitative estimate of drug-likeness (QED) is 0.231. The number of nitrogens with zero attached hydrogens (tertiary/aromatic N) is 2. The second-order valence-electron chi connectivity index (χ2n) is 10.7. The highest BCUT2D eigenvalue weighted by Crippen LogP contribution is 2.29. The number of carbonyl (C=O) groups excluding carboxylic acids is 2. The Bertz CT molecular complexity index is 1480. The molecule has 0 heterocycles. The number of nitrogens with one attached hydrogen (secondary N) is 1. The molecule has 0 aromatic heterocycles. The minimum absolute atomic E-state index is 0.0392. The second-order valence-corrected chi connectivity index (χ2v) is 13.0. The normalized spacial score (nSPS) is 12.7. The standard InChI is InChI=1S/C33H42ClN3O5S/c1-6-24(2)35-33(39)31(22-26-13-8-7-9-14-26)36(23-27-15-10-16-28(21-27)42-4)32(38)19-12-20-37(43(5,40)41)30-18-11-17-29(34)25(30)3/h7-11,13-18,21,24,31H,6,12,19-20,22-23H2,1-5H3,(H,35,39)/t24-,31-/m0/s1. The van der Waals surface area contributed by atoms with Crippen LogP contribution in [-0.2, 0) is 32.6 Å². The minimum Gasteiger partial charge on any atom is -0.497 e. The summed E-state index contributed by atoms with van der Waals surface area (Å²) in [4.78, 5) is 29.3. The predicted octanol–water partition coefficient (Wildman–Crippen LogP) is 5.76. The molecule has 2 amide bonds. The van der Waals surface area contributed by atoms with Gasteiger partial charge in [0.15, 0.2) is 0 Å². The summed E-state index contributed by atoms with van der Waals surface area (Å²) in [5.41, 5.74) is 2.86. The molecule has 0 unspecified atom stereocenters. The van der Waals surface area contributed by atoms with E-state index in [4.69, 9.17) is 16.3 Å². The second kappa shape index (κ2) is 15.8. The van der Waals surface area contributed by atoms with Crippen LogP contribution in [0.5, 0.6) is 5.75 Å². The third-order valence-corrected chi connectivity index (χ3v) is 9.01. The van der Waals surface area contributed by atoms with E-state index in [2.05, 4.69) is 5.32 Å². The first-order chi connectivity index (χ1) is 20.4. The smallest absolute Gasteiger partial charge is 0.243 e. The first kappa shape index (κ1) is 33.9. The number of carbonyl (C=O) groups is 2. The van der Waals surface area contributed by atoms with E-state index in [1.165, 1.54) is 4.31 Å². The number of benzene rings is 3. The van der Waals surface area contributed by atoms with Crippen LogP contribution >= 0.6 is 11.6 Å². The maximum absolute atomic E-state index is 14.0. The van der Waals surface area contributed by atoms with Crippen molar-refractivity contribution in [1.82, 2.24) is 10.2 Å². The van der Waals surface area contributed by atoms with Crippen molar-refractivity contribution in [3.05, 3.63) is 94.5 Å². The van der Waals surface area contributed by atoms with Gasteiger partial charge in [0.1, 0.15) is 11.8 Å². The summed E-state index contributed by atoms with van der Waals surface area (Å²) in [6.45, 7) is 5.96. The fraction of sp³-hybridized carbons (Fsp3) is 0.394. The van der Waals surface area contributed by atoms with Crippen LogP contribution in [0.2, 0.25) is 5.02 Å². The van der Waals surface area contributed by atoms with Gasteiger partial charge in [-0.1, -0.05) is 67.1 Å². The summed E-state index contributed by atoms with van der Waals surface area (Å²) in [7, 11) is -2.07. The highest BCUT2D eigenvalue weighted by molar-refractivity contribution is 7.92. The Hall–Kier alpha value is -3.56. The molecule has 0 saturated heterocycles. The molecule has 43 heavy (non-hydrogen) atoms. The van der Waals surface area contributed by atoms with Gasteiger partial charge in [0, 0.05) is 37.0 Å². The van der Waals surface area contributed by atoms with Crippen LogP contribution in [0, 0.1) is 6.92 Å². The fourth-order valence-corrected chi connectivity index (χ4v) is 6.00.